The van der Waals surface area contributed by atoms with Gasteiger partial charge in [0.05, 0.1) is 0 Å². The lowest BCUT2D eigenvalue weighted by atomic mass is 10.1. The van der Waals surface area contributed by atoms with Crippen molar-refractivity contribution in [1.82, 2.24) is 0 Å². The highest BCUT2D eigenvalue weighted by Crippen LogP contribution is 2.14. The molecule has 0 spiro atoms. The van der Waals surface area contributed by atoms with Crippen molar-refractivity contribution in [1.29, 1.82) is 0 Å². The number of primary amides is 1. The molecule has 0 unspecified atom stereocenters. The van der Waals surface area contributed by atoms with Crippen molar-refractivity contribution in [2.24, 2.45) is 5.73 Å². The number of ketones is 1. The zero-order chi connectivity index (χ0) is 15.9. The predicted molar refractivity (Wildman–Crippen MR) is 80.9 cm³/mol. The van der Waals surface area contributed by atoms with Gasteiger partial charge in [-0.3, -0.25) is 9.59 Å². The number of benzene rings is 2. The van der Waals surface area contributed by atoms with Crippen LogP contribution in [-0.2, 0) is 4.79 Å². The van der Waals surface area contributed by atoms with Gasteiger partial charge in [0.25, 0.3) is 5.91 Å². The van der Waals surface area contributed by atoms with Crippen molar-refractivity contribution in [2.45, 2.75) is 0 Å². The molecule has 0 fully saturated rings. The van der Waals surface area contributed by atoms with Crippen LogP contribution >= 0.6 is 0 Å². The van der Waals surface area contributed by atoms with Gasteiger partial charge in [-0.1, -0.05) is 18.2 Å². The summed E-state index contributed by atoms with van der Waals surface area (Å²) in [4.78, 5) is 22.6. The molecule has 0 heterocycles. The van der Waals surface area contributed by atoms with Gasteiger partial charge in [0.2, 0.25) is 0 Å². The minimum absolute atomic E-state index is 0.222. The summed E-state index contributed by atoms with van der Waals surface area (Å²) in [5, 5.41) is 0. The molecule has 0 bridgehead atoms. The predicted octanol–water partition coefficient (Wildman–Crippen LogP) is 2.59. The number of ether oxygens (including phenoxy) is 1. The highest BCUT2D eigenvalue weighted by molar-refractivity contribution is 6.06. The lowest BCUT2D eigenvalue weighted by Gasteiger charge is -2.03. The van der Waals surface area contributed by atoms with E-state index in [-0.39, 0.29) is 18.2 Å². The molecule has 2 aromatic carbocycles. The van der Waals surface area contributed by atoms with Crippen molar-refractivity contribution in [3.8, 4) is 5.75 Å². The summed E-state index contributed by atoms with van der Waals surface area (Å²) in [6, 6.07) is 12.4. The van der Waals surface area contributed by atoms with Crippen LogP contribution in [0.5, 0.6) is 5.75 Å². The molecular formula is C17H14FNO3. The number of carbonyl (C=O) groups is 2. The molecule has 112 valence electrons. The summed E-state index contributed by atoms with van der Waals surface area (Å²) in [7, 11) is 0. The van der Waals surface area contributed by atoms with Gasteiger partial charge in [-0.15, -0.1) is 0 Å². The molecule has 0 aliphatic heterocycles. The molecule has 2 N–H and O–H groups in total. The smallest absolute Gasteiger partial charge is 0.255 e. The average Bonchev–Trinajstić information content (AvgIpc) is 2.52. The van der Waals surface area contributed by atoms with Crippen LogP contribution < -0.4 is 10.5 Å². The van der Waals surface area contributed by atoms with Crippen molar-refractivity contribution in [3.05, 3.63) is 71.6 Å². The molecule has 4 nitrogen and oxygen atoms in total. The number of halogens is 1. The van der Waals surface area contributed by atoms with E-state index in [4.69, 9.17) is 10.5 Å². The quantitative estimate of drug-likeness (QED) is 0.658. The van der Waals surface area contributed by atoms with E-state index in [2.05, 4.69) is 0 Å². The van der Waals surface area contributed by atoms with E-state index in [1.807, 2.05) is 0 Å². The number of amides is 1. The summed E-state index contributed by atoms with van der Waals surface area (Å²) in [6.07, 6.45) is 2.73. The van der Waals surface area contributed by atoms with Crippen LogP contribution in [0.1, 0.15) is 15.9 Å². The van der Waals surface area contributed by atoms with Crippen molar-refractivity contribution in [2.75, 3.05) is 6.61 Å². The van der Waals surface area contributed by atoms with Crippen LogP contribution in [0.15, 0.2) is 54.6 Å². The van der Waals surface area contributed by atoms with Gasteiger partial charge >= 0.3 is 0 Å². The number of rotatable bonds is 6. The molecule has 2 aromatic rings. The second-order valence-electron chi connectivity index (χ2n) is 4.50. The van der Waals surface area contributed by atoms with Gasteiger partial charge in [0.1, 0.15) is 11.6 Å². The van der Waals surface area contributed by atoms with Crippen molar-refractivity contribution in [3.63, 3.8) is 0 Å². The third kappa shape index (κ3) is 4.28. The van der Waals surface area contributed by atoms with E-state index in [0.29, 0.717) is 16.9 Å². The maximum absolute atomic E-state index is 13.4. The van der Waals surface area contributed by atoms with Gasteiger partial charge in [-0.2, -0.15) is 0 Å². The van der Waals surface area contributed by atoms with E-state index in [1.165, 1.54) is 18.2 Å². The van der Waals surface area contributed by atoms with Gasteiger partial charge in [0.15, 0.2) is 12.4 Å². The van der Waals surface area contributed by atoms with E-state index < -0.39 is 5.91 Å². The molecule has 0 atom stereocenters. The normalized spacial score (nSPS) is 10.6. The van der Waals surface area contributed by atoms with Gasteiger partial charge < -0.3 is 10.5 Å². The molecule has 0 saturated carbocycles. The van der Waals surface area contributed by atoms with E-state index in [9.17, 15) is 14.0 Å². The van der Waals surface area contributed by atoms with E-state index in [0.717, 1.165) is 0 Å². The lowest BCUT2D eigenvalue weighted by Crippen LogP contribution is -2.19. The standard InChI is InChI=1S/C17H14FNO3/c18-15-4-2-1-3-12(15)7-10-16(20)13-5-8-14(9-6-13)22-11-17(19)21/h1-10H,11H2,(H2,19,21)/b10-7+. The lowest BCUT2D eigenvalue weighted by molar-refractivity contribution is -0.119. The largest absolute Gasteiger partial charge is 0.484 e. The maximum atomic E-state index is 13.4. The Morgan fingerprint density at radius 1 is 1.09 bits per heavy atom. The number of nitrogens with two attached hydrogens (primary N) is 1. The monoisotopic (exact) mass is 299 g/mol. The SMILES string of the molecule is NC(=O)COc1ccc(C(=O)/C=C/c2ccccc2F)cc1. The Hall–Kier alpha value is -2.95. The Morgan fingerprint density at radius 2 is 1.77 bits per heavy atom. The molecule has 0 aromatic heterocycles. The van der Waals surface area contributed by atoms with Crippen LogP contribution in [0.3, 0.4) is 0 Å². The van der Waals surface area contributed by atoms with Crippen molar-refractivity contribution >= 4 is 17.8 Å². The summed E-state index contributed by atoms with van der Waals surface area (Å²) < 4.78 is 18.5. The van der Waals surface area contributed by atoms with Crippen molar-refractivity contribution < 1.29 is 18.7 Å². The van der Waals surface area contributed by atoms with Gasteiger partial charge in [-0.05, 0) is 42.5 Å². The first-order valence-corrected chi connectivity index (χ1v) is 6.54. The second kappa shape index (κ2) is 7.17. The zero-order valence-corrected chi connectivity index (χ0v) is 11.7. The molecule has 0 saturated heterocycles. The Morgan fingerprint density at radius 3 is 2.41 bits per heavy atom. The summed E-state index contributed by atoms with van der Waals surface area (Å²) in [5.74, 6) is -0.784. The van der Waals surface area contributed by atoms with Crippen LogP contribution in [-0.4, -0.2) is 18.3 Å². The molecule has 0 aliphatic rings. The molecule has 5 heteroatoms. The van der Waals surface area contributed by atoms with E-state index in [1.54, 1.807) is 42.5 Å². The molecule has 0 aliphatic carbocycles. The van der Waals surface area contributed by atoms with Crippen LogP contribution in [0.4, 0.5) is 4.39 Å². The van der Waals surface area contributed by atoms with Crippen LogP contribution in [0.2, 0.25) is 0 Å². The van der Waals surface area contributed by atoms with Gasteiger partial charge in [0, 0.05) is 11.1 Å². The topological polar surface area (TPSA) is 69.4 Å². The van der Waals surface area contributed by atoms with E-state index >= 15 is 0 Å². The van der Waals surface area contributed by atoms with Crippen LogP contribution in [0.25, 0.3) is 6.08 Å². The summed E-state index contributed by atoms with van der Waals surface area (Å²) in [5.41, 5.74) is 5.74. The molecular weight excluding hydrogens is 285 g/mol. The van der Waals surface area contributed by atoms with Gasteiger partial charge in [-0.25, -0.2) is 4.39 Å². The average molecular weight is 299 g/mol. The summed E-state index contributed by atoms with van der Waals surface area (Å²) >= 11 is 0. The first-order chi connectivity index (χ1) is 10.6. The zero-order valence-electron chi connectivity index (χ0n) is 11.7. The summed E-state index contributed by atoms with van der Waals surface area (Å²) in [6.45, 7) is -0.222. The maximum Gasteiger partial charge on any atom is 0.255 e. The minimum atomic E-state index is -0.576. The molecule has 22 heavy (non-hydrogen) atoms. The van der Waals surface area contributed by atoms with Crippen LogP contribution in [0, 0.1) is 5.82 Å². The second-order valence-corrected chi connectivity index (χ2v) is 4.50. The number of carbonyl (C=O) groups excluding carboxylic acids is 2. The molecule has 0 radical (unpaired) electrons. The Kier molecular flexibility index (Phi) is 5.03. The Balaban J connectivity index is 2.04. The number of allylic oxidation sites excluding steroid dienone is 1. The Bertz CT molecular complexity index is 708. The Labute approximate surface area is 127 Å². The fourth-order valence-corrected chi connectivity index (χ4v) is 1.74. The number of hydrogen-bond acceptors (Lipinski definition) is 3. The molecule has 2 rings (SSSR count). The highest BCUT2D eigenvalue weighted by atomic mass is 19.1. The first kappa shape index (κ1) is 15.4. The fraction of sp³-hybridized carbons (Fsp3) is 0.0588. The first-order valence-electron chi connectivity index (χ1n) is 6.54. The number of hydrogen-bond donors (Lipinski definition) is 1. The minimum Gasteiger partial charge on any atom is -0.484 e. The third-order valence-corrected chi connectivity index (χ3v) is 2.84. The highest BCUT2D eigenvalue weighted by Gasteiger charge is 2.04. The molecule has 1 amide bonds. The fourth-order valence-electron chi connectivity index (χ4n) is 1.74. The third-order valence-electron chi connectivity index (χ3n) is 2.84.